The van der Waals surface area contributed by atoms with E-state index in [-0.39, 0.29) is 0 Å². The Morgan fingerprint density at radius 1 is 0.964 bits per heavy atom. The predicted molar refractivity (Wildman–Crippen MR) is 112 cm³/mol. The van der Waals surface area contributed by atoms with Crippen LogP contribution in [0.25, 0.3) is 10.9 Å². The zero-order chi connectivity index (χ0) is 19.5. The van der Waals surface area contributed by atoms with Gasteiger partial charge in [0.25, 0.3) is 0 Å². The summed E-state index contributed by atoms with van der Waals surface area (Å²) in [5.74, 6) is 1.54. The predicted octanol–water partition coefficient (Wildman–Crippen LogP) is 4.87. The number of nitrogens with two attached hydrogens (primary N) is 1. The van der Waals surface area contributed by atoms with Crippen LogP contribution in [-0.4, -0.2) is 21.5 Å². The number of para-hydroxylation sites is 2. The molecule has 140 valence electrons. The minimum absolute atomic E-state index is 0.315. The van der Waals surface area contributed by atoms with Gasteiger partial charge in [-0.15, -0.1) is 0 Å². The average Bonchev–Trinajstić information content (AvgIpc) is 2.72. The fraction of sp³-hybridized carbons (Fsp3) is 0.136. The standard InChI is InChI=1S/C22H21N5O/c1-3-27(17-9-5-4-6-10-17)21-19(23)22(25-14-24-21)28-18-11-7-8-16-13-12-15(2)26-20(16)18/h4-14H,3,23H2,1-2H3. The van der Waals surface area contributed by atoms with E-state index in [1.54, 1.807) is 0 Å². The lowest BCUT2D eigenvalue weighted by Gasteiger charge is -2.23. The van der Waals surface area contributed by atoms with Gasteiger partial charge in [0.15, 0.2) is 11.6 Å². The molecule has 0 saturated heterocycles. The van der Waals surface area contributed by atoms with Crippen LogP contribution in [0.3, 0.4) is 0 Å². The fourth-order valence-electron chi connectivity index (χ4n) is 3.13. The number of fused-ring (bicyclic) bond motifs is 1. The van der Waals surface area contributed by atoms with Crippen molar-refractivity contribution < 1.29 is 4.74 Å². The molecular formula is C22H21N5O. The molecule has 0 aliphatic heterocycles. The number of hydrogen-bond donors (Lipinski definition) is 1. The van der Waals surface area contributed by atoms with Gasteiger partial charge < -0.3 is 15.4 Å². The van der Waals surface area contributed by atoms with E-state index in [9.17, 15) is 0 Å². The molecule has 0 spiro atoms. The van der Waals surface area contributed by atoms with E-state index in [4.69, 9.17) is 10.5 Å². The largest absolute Gasteiger partial charge is 0.435 e. The molecule has 0 aliphatic rings. The maximum absolute atomic E-state index is 6.41. The van der Waals surface area contributed by atoms with Crippen molar-refractivity contribution in [1.82, 2.24) is 15.0 Å². The van der Waals surface area contributed by atoms with Gasteiger partial charge in [0.1, 0.15) is 17.5 Å². The summed E-state index contributed by atoms with van der Waals surface area (Å²) in [6.07, 6.45) is 1.47. The molecule has 0 saturated carbocycles. The van der Waals surface area contributed by atoms with Gasteiger partial charge in [-0.1, -0.05) is 36.4 Å². The molecular weight excluding hydrogens is 350 g/mol. The maximum atomic E-state index is 6.41. The van der Waals surface area contributed by atoms with Gasteiger partial charge in [-0.05, 0) is 38.1 Å². The Labute approximate surface area is 163 Å². The van der Waals surface area contributed by atoms with E-state index in [0.717, 1.165) is 22.3 Å². The minimum atomic E-state index is 0.315. The number of hydrogen-bond acceptors (Lipinski definition) is 6. The monoisotopic (exact) mass is 371 g/mol. The molecule has 0 atom stereocenters. The topological polar surface area (TPSA) is 77.2 Å². The lowest BCUT2D eigenvalue weighted by molar-refractivity contribution is 0.468. The molecule has 0 aliphatic carbocycles. The zero-order valence-corrected chi connectivity index (χ0v) is 15.8. The Balaban J connectivity index is 1.75. The van der Waals surface area contributed by atoms with Crippen molar-refractivity contribution in [3.63, 3.8) is 0 Å². The average molecular weight is 371 g/mol. The van der Waals surface area contributed by atoms with Crippen molar-refractivity contribution in [2.24, 2.45) is 0 Å². The molecule has 2 aromatic heterocycles. The number of nitrogen functional groups attached to an aromatic ring is 1. The SMILES string of the molecule is CCN(c1ccccc1)c1ncnc(Oc2cccc3ccc(C)nc23)c1N. The quantitative estimate of drug-likeness (QED) is 0.539. The highest BCUT2D eigenvalue weighted by Crippen LogP contribution is 2.36. The van der Waals surface area contributed by atoms with Crippen LogP contribution in [0, 0.1) is 6.92 Å². The first kappa shape index (κ1) is 17.7. The summed E-state index contributed by atoms with van der Waals surface area (Å²) in [6.45, 7) is 4.71. The highest BCUT2D eigenvalue weighted by atomic mass is 16.5. The van der Waals surface area contributed by atoms with E-state index in [1.807, 2.05) is 79.4 Å². The summed E-state index contributed by atoms with van der Waals surface area (Å²) in [4.78, 5) is 15.3. The van der Waals surface area contributed by atoms with Crippen LogP contribution in [0.15, 0.2) is 67.0 Å². The Morgan fingerprint density at radius 3 is 2.57 bits per heavy atom. The van der Waals surface area contributed by atoms with Crippen LogP contribution in [0.5, 0.6) is 11.6 Å². The molecule has 0 radical (unpaired) electrons. The van der Waals surface area contributed by atoms with Gasteiger partial charge in [0.05, 0.1) is 0 Å². The third-order valence-electron chi connectivity index (χ3n) is 4.50. The van der Waals surface area contributed by atoms with Crippen molar-refractivity contribution in [2.45, 2.75) is 13.8 Å². The number of aromatic nitrogens is 3. The number of anilines is 3. The molecule has 2 heterocycles. The second-order valence-corrected chi connectivity index (χ2v) is 6.38. The molecule has 2 N–H and O–H groups in total. The van der Waals surface area contributed by atoms with E-state index >= 15 is 0 Å². The van der Waals surface area contributed by atoms with Crippen molar-refractivity contribution in [2.75, 3.05) is 17.2 Å². The van der Waals surface area contributed by atoms with Crippen LogP contribution in [0.4, 0.5) is 17.2 Å². The minimum Gasteiger partial charge on any atom is -0.435 e. The summed E-state index contributed by atoms with van der Waals surface area (Å²) in [6, 6.07) is 19.8. The Kier molecular flexibility index (Phi) is 4.76. The van der Waals surface area contributed by atoms with Crippen LogP contribution < -0.4 is 15.4 Å². The first-order valence-electron chi connectivity index (χ1n) is 9.14. The first-order valence-corrected chi connectivity index (χ1v) is 9.14. The van der Waals surface area contributed by atoms with Crippen LogP contribution >= 0.6 is 0 Å². The molecule has 0 bridgehead atoms. The maximum Gasteiger partial charge on any atom is 0.248 e. The lowest BCUT2D eigenvalue weighted by Crippen LogP contribution is -2.19. The second-order valence-electron chi connectivity index (χ2n) is 6.38. The van der Waals surface area contributed by atoms with Crippen molar-refractivity contribution in [1.29, 1.82) is 0 Å². The normalized spacial score (nSPS) is 10.8. The second kappa shape index (κ2) is 7.52. The number of aryl methyl sites for hydroxylation is 1. The van der Waals surface area contributed by atoms with Gasteiger partial charge in [0.2, 0.25) is 5.88 Å². The van der Waals surface area contributed by atoms with E-state index in [2.05, 4.69) is 15.0 Å². The van der Waals surface area contributed by atoms with Crippen molar-refractivity contribution >= 4 is 28.1 Å². The van der Waals surface area contributed by atoms with Crippen LogP contribution in [-0.2, 0) is 0 Å². The highest BCUT2D eigenvalue weighted by molar-refractivity contribution is 5.85. The van der Waals surface area contributed by atoms with Gasteiger partial charge in [-0.25, -0.2) is 9.97 Å². The fourth-order valence-corrected chi connectivity index (χ4v) is 3.13. The van der Waals surface area contributed by atoms with Gasteiger partial charge in [-0.3, -0.25) is 0 Å². The number of nitrogens with zero attached hydrogens (tertiary/aromatic N) is 4. The van der Waals surface area contributed by atoms with E-state index in [0.29, 0.717) is 29.7 Å². The van der Waals surface area contributed by atoms with E-state index < -0.39 is 0 Å². The molecule has 0 unspecified atom stereocenters. The number of pyridine rings is 1. The van der Waals surface area contributed by atoms with E-state index in [1.165, 1.54) is 6.33 Å². The summed E-state index contributed by atoms with van der Waals surface area (Å²) in [5, 5.41) is 0.996. The molecule has 6 nitrogen and oxygen atoms in total. The summed E-state index contributed by atoms with van der Waals surface area (Å²) in [5.41, 5.74) is 9.49. The van der Waals surface area contributed by atoms with Crippen molar-refractivity contribution in [3.05, 3.63) is 72.7 Å². The molecule has 4 aromatic rings. The Bertz CT molecular complexity index is 1110. The molecule has 2 aromatic carbocycles. The molecule has 28 heavy (non-hydrogen) atoms. The van der Waals surface area contributed by atoms with Crippen molar-refractivity contribution in [3.8, 4) is 11.6 Å². The number of benzene rings is 2. The zero-order valence-electron chi connectivity index (χ0n) is 15.8. The summed E-state index contributed by atoms with van der Waals surface area (Å²) in [7, 11) is 0. The first-order chi connectivity index (χ1) is 13.7. The van der Waals surface area contributed by atoms with Crippen LogP contribution in [0.1, 0.15) is 12.6 Å². The third-order valence-corrected chi connectivity index (χ3v) is 4.50. The van der Waals surface area contributed by atoms with Crippen LogP contribution in [0.2, 0.25) is 0 Å². The van der Waals surface area contributed by atoms with Gasteiger partial charge in [0, 0.05) is 23.3 Å². The lowest BCUT2D eigenvalue weighted by atomic mass is 10.2. The highest BCUT2D eigenvalue weighted by Gasteiger charge is 2.17. The number of ether oxygens (including phenoxy) is 1. The molecule has 6 heteroatoms. The summed E-state index contributed by atoms with van der Waals surface area (Å²) < 4.78 is 6.08. The third kappa shape index (κ3) is 3.32. The summed E-state index contributed by atoms with van der Waals surface area (Å²) >= 11 is 0. The molecule has 0 amide bonds. The number of rotatable bonds is 5. The Hall–Kier alpha value is -3.67. The van der Waals surface area contributed by atoms with Gasteiger partial charge in [-0.2, -0.15) is 4.98 Å². The smallest absolute Gasteiger partial charge is 0.248 e. The molecule has 4 rings (SSSR count). The Morgan fingerprint density at radius 2 is 1.79 bits per heavy atom. The van der Waals surface area contributed by atoms with Gasteiger partial charge >= 0.3 is 0 Å². The molecule has 0 fully saturated rings.